The second-order valence-electron chi connectivity index (χ2n) is 7.20. The lowest BCUT2D eigenvalue weighted by atomic mass is 10.0. The van der Waals surface area contributed by atoms with Crippen molar-refractivity contribution in [1.29, 1.82) is 0 Å². The van der Waals surface area contributed by atoms with E-state index in [1.165, 1.54) is 28.0 Å². The number of fused-ring (bicyclic) bond motifs is 4. The molecule has 4 aromatic rings. The first kappa shape index (κ1) is 16.4. The lowest BCUT2D eigenvalue weighted by Crippen LogP contribution is -2.35. The van der Waals surface area contributed by atoms with Crippen molar-refractivity contribution in [2.45, 2.75) is 33.7 Å². The number of nitrogens with one attached hydrogen (secondary N) is 1. The van der Waals surface area contributed by atoms with Gasteiger partial charge in [-0.25, -0.2) is 9.97 Å². The fourth-order valence-electron chi connectivity index (χ4n) is 4.16. The van der Waals surface area contributed by atoms with Crippen LogP contribution in [0.2, 0.25) is 0 Å². The number of rotatable bonds is 1. The van der Waals surface area contributed by atoms with Crippen LogP contribution in [0.1, 0.15) is 38.0 Å². The van der Waals surface area contributed by atoms with Gasteiger partial charge in [0.1, 0.15) is 10.7 Å². The van der Waals surface area contributed by atoms with E-state index in [9.17, 15) is 4.79 Å². The van der Waals surface area contributed by atoms with Crippen LogP contribution in [0.15, 0.2) is 24.3 Å². The average molecular weight is 376 g/mol. The third kappa shape index (κ3) is 2.47. The molecule has 1 amide bonds. The van der Waals surface area contributed by atoms with Crippen LogP contribution < -0.4 is 0 Å². The molecule has 1 aliphatic rings. The summed E-state index contributed by atoms with van der Waals surface area (Å²) < 4.78 is 0. The topological polar surface area (TPSA) is 61.9 Å². The zero-order valence-corrected chi connectivity index (χ0v) is 16.4. The van der Waals surface area contributed by atoms with Gasteiger partial charge in [0.05, 0.1) is 4.88 Å². The third-order valence-corrected chi connectivity index (χ3v) is 6.62. The largest absolute Gasteiger partial charge is 0.358 e. The fraction of sp³-hybridized carbons (Fsp3) is 0.286. The van der Waals surface area contributed by atoms with E-state index in [-0.39, 0.29) is 5.91 Å². The predicted molar refractivity (Wildman–Crippen MR) is 108 cm³/mol. The van der Waals surface area contributed by atoms with E-state index in [2.05, 4.69) is 33.2 Å². The molecule has 0 bridgehead atoms. The van der Waals surface area contributed by atoms with Gasteiger partial charge in [-0.15, -0.1) is 11.3 Å². The highest BCUT2D eigenvalue weighted by Gasteiger charge is 2.28. The van der Waals surface area contributed by atoms with Crippen molar-refractivity contribution in [1.82, 2.24) is 19.9 Å². The first-order valence-electron chi connectivity index (χ1n) is 9.15. The first-order chi connectivity index (χ1) is 13.0. The third-order valence-electron chi connectivity index (χ3n) is 5.45. The second-order valence-corrected chi connectivity index (χ2v) is 8.20. The van der Waals surface area contributed by atoms with E-state index in [1.807, 2.05) is 31.7 Å². The van der Waals surface area contributed by atoms with Crippen molar-refractivity contribution in [3.8, 4) is 0 Å². The van der Waals surface area contributed by atoms with Crippen LogP contribution in [-0.2, 0) is 13.0 Å². The monoisotopic (exact) mass is 376 g/mol. The molecule has 5 nitrogen and oxygen atoms in total. The quantitative estimate of drug-likeness (QED) is 0.539. The SMILES string of the molecule is Cc1nc(C)c2c(C)c(C(=O)N3CCc4[nH]c5ccccc5c4C3)sc2n1. The maximum atomic E-state index is 13.3. The molecule has 0 spiro atoms. The molecule has 6 heteroatoms. The fourth-order valence-corrected chi connectivity index (χ4v) is 5.41. The Balaban J connectivity index is 1.54. The number of nitrogens with zero attached hydrogens (tertiary/aromatic N) is 3. The molecule has 0 unspecified atom stereocenters. The van der Waals surface area contributed by atoms with Crippen molar-refractivity contribution < 1.29 is 4.79 Å². The van der Waals surface area contributed by atoms with Crippen molar-refractivity contribution in [3.63, 3.8) is 0 Å². The molecule has 0 atom stereocenters. The summed E-state index contributed by atoms with van der Waals surface area (Å²) in [4.78, 5) is 29.5. The van der Waals surface area contributed by atoms with Crippen LogP contribution in [-0.4, -0.2) is 32.3 Å². The highest BCUT2D eigenvalue weighted by atomic mass is 32.1. The number of hydrogen-bond acceptors (Lipinski definition) is 4. The first-order valence-corrected chi connectivity index (χ1v) is 9.96. The van der Waals surface area contributed by atoms with Gasteiger partial charge < -0.3 is 9.88 Å². The molecular weight excluding hydrogens is 356 g/mol. The molecule has 4 heterocycles. The molecule has 1 N–H and O–H groups in total. The van der Waals surface area contributed by atoms with E-state index in [4.69, 9.17) is 0 Å². The molecule has 1 aromatic carbocycles. The number of carbonyl (C=O) groups is 1. The minimum atomic E-state index is 0.100. The van der Waals surface area contributed by atoms with Gasteiger partial charge in [-0.1, -0.05) is 18.2 Å². The molecule has 0 saturated heterocycles. The number of hydrogen-bond donors (Lipinski definition) is 1. The maximum absolute atomic E-state index is 13.3. The van der Waals surface area contributed by atoms with Gasteiger partial charge in [0, 0.05) is 52.8 Å². The summed E-state index contributed by atoms with van der Waals surface area (Å²) in [6, 6.07) is 8.32. The summed E-state index contributed by atoms with van der Waals surface area (Å²) in [5.74, 6) is 0.852. The predicted octanol–water partition coefficient (Wildman–Crippen LogP) is 4.30. The summed E-state index contributed by atoms with van der Waals surface area (Å²) in [7, 11) is 0. The summed E-state index contributed by atoms with van der Waals surface area (Å²) >= 11 is 1.49. The molecule has 1 aliphatic heterocycles. The van der Waals surface area contributed by atoms with Crippen LogP contribution in [0.25, 0.3) is 21.1 Å². The number of aromatic nitrogens is 3. The number of carbonyl (C=O) groups excluding carboxylic acids is 1. The van der Waals surface area contributed by atoms with E-state index < -0.39 is 0 Å². The van der Waals surface area contributed by atoms with Gasteiger partial charge in [0.15, 0.2) is 0 Å². The number of aromatic amines is 1. The zero-order valence-electron chi connectivity index (χ0n) is 15.6. The normalized spacial score (nSPS) is 14.1. The summed E-state index contributed by atoms with van der Waals surface area (Å²) in [5, 5.41) is 2.24. The van der Waals surface area contributed by atoms with E-state index >= 15 is 0 Å². The standard InChI is InChI=1S/C21H20N4OS/c1-11-18-12(2)22-13(3)23-20(18)27-19(11)21(26)25-9-8-17-15(10-25)14-6-4-5-7-16(14)24-17/h4-7,24H,8-10H2,1-3H3. The number of thiophene rings is 1. The van der Waals surface area contributed by atoms with Gasteiger partial charge in [-0.05, 0) is 32.4 Å². The summed E-state index contributed by atoms with van der Waals surface area (Å²) in [5.41, 5.74) is 5.60. The number of benzene rings is 1. The van der Waals surface area contributed by atoms with Crippen molar-refractivity contribution >= 4 is 38.4 Å². The minimum absolute atomic E-state index is 0.100. The molecule has 0 radical (unpaired) electrons. The number of amides is 1. The van der Waals surface area contributed by atoms with E-state index in [0.717, 1.165) is 50.7 Å². The Hall–Kier alpha value is -2.73. The summed E-state index contributed by atoms with van der Waals surface area (Å²) in [6.45, 7) is 7.28. The molecule has 0 aliphatic carbocycles. The van der Waals surface area contributed by atoms with Gasteiger partial charge in [-0.3, -0.25) is 4.79 Å². The average Bonchev–Trinajstić information content (AvgIpc) is 3.18. The molecule has 0 saturated carbocycles. The maximum Gasteiger partial charge on any atom is 0.264 e. The molecular formula is C21H20N4OS. The van der Waals surface area contributed by atoms with Gasteiger partial charge >= 0.3 is 0 Å². The van der Waals surface area contributed by atoms with Gasteiger partial charge in [0.25, 0.3) is 5.91 Å². The lowest BCUT2D eigenvalue weighted by molar-refractivity contribution is 0.0739. The van der Waals surface area contributed by atoms with Crippen molar-refractivity contribution in [3.05, 3.63) is 57.5 Å². The van der Waals surface area contributed by atoms with E-state index in [1.54, 1.807) is 0 Å². The Morgan fingerprint density at radius 1 is 1.19 bits per heavy atom. The molecule has 27 heavy (non-hydrogen) atoms. The minimum Gasteiger partial charge on any atom is -0.358 e. The molecule has 3 aromatic heterocycles. The number of aryl methyl sites for hydroxylation is 3. The van der Waals surface area contributed by atoms with Crippen LogP contribution in [0.4, 0.5) is 0 Å². The lowest BCUT2D eigenvalue weighted by Gasteiger charge is -2.27. The zero-order chi connectivity index (χ0) is 18.7. The van der Waals surface area contributed by atoms with Crippen LogP contribution in [0.5, 0.6) is 0 Å². The highest BCUT2D eigenvalue weighted by molar-refractivity contribution is 7.20. The molecule has 5 rings (SSSR count). The molecule has 136 valence electrons. The molecule has 0 fully saturated rings. The van der Waals surface area contributed by atoms with Crippen LogP contribution >= 0.6 is 11.3 Å². The Morgan fingerprint density at radius 2 is 2.00 bits per heavy atom. The van der Waals surface area contributed by atoms with Gasteiger partial charge in [0.2, 0.25) is 0 Å². The van der Waals surface area contributed by atoms with Crippen molar-refractivity contribution in [2.75, 3.05) is 6.54 Å². The smallest absolute Gasteiger partial charge is 0.264 e. The van der Waals surface area contributed by atoms with Crippen LogP contribution in [0.3, 0.4) is 0 Å². The van der Waals surface area contributed by atoms with E-state index in [0.29, 0.717) is 6.54 Å². The Bertz CT molecular complexity index is 1220. The number of para-hydroxylation sites is 1. The van der Waals surface area contributed by atoms with Crippen molar-refractivity contribution in [2.24, 2.45) is 0 Å². The Morgan fingerprint density at radius 3 is 2.85 bits per heavy atom. The number of H-pyrrole nitrogens is 1. The summed E-state index contributed by atoms with van der Waals surface area (Å²) in [6.07, 6.45) is 0.859. The Labute approximate surface area is 161 Å². The Kier molecular flexibility index (Phi) is 3.59. The van der Waals surface area contributed by atoms with Crippen LogP contribution in [0, 0.1) is 20.8 Å². The highest BCUT2D eigenvalue weighted by Crippen LogP contribution is 2.34. The second kappa shape index (κ2) is 5.89. The van der Waals surface area contributed by atoms with Gasteiger partial charge in [-0.2, -0.15) is 0 Å².